The van der Waals surface area contributed by atoms with Crippen LogP contribution >= 0.6 is 0 Å². The molecule has 0 radical (unpaired) electrons. The Bertz CT molecular complexity index is 898. The van der Waals surface area contributed by atoms with E-state index in [1.165, 1.54) is 30.5 Å². The van der Waals surface area contributed by atoms with E-state index in [0.717, 1.165) is 0 Å². The lowest BCUT2D eigenvalue weighted by atomic mass is 10.2. The number of hydrogen-bond donors (Lipinski definition) is 3. The van der Waals surface area contributed by atoms with Gasteiger partial charge in [-0.3, -0.25) is 14.4 Å². The topological polar surface area (TPSA) is 109 Å². The van der Waals surface area contributed by atoms with E-state index in [-0.39, 0.29) is 12.6 Å². The molecular weight excluding hydrogens is 379 g/mol. The molecule has 0 aliphatic rings. The molecular formula is C20H21FN4O4. The molecule has 29 heavy (non-hydrogen) atoms. The van der Waals surface area contributed by atoms with E-state index < -0.39 is 23.5 Å². The van der Waals surface area contributed by atoms with Crippen molar-refractivity contribution in [2.45, 2.75) is 19.9 Å². The monoisotopic (exact) mass is 400 g/mol. The van der Waals surface area contributed by atoms with Gasteiger partial charge in [0.05, 0.1) is 6.21 Å². The van der Waals surface area contributed by atoms with E-state index in [0.29, 0.717) is 17.0 Å². The fourth-order valence-electron chi connectivity index (χ4n) is 2.11. The third kappa shape index (κ3) is 7.79. The summed E-state index contributed by atoms with van der Waals surface area (Å²) < 4.78 is 18.3. The third-order valence-electron chi connectivity index (χ3n) is 3.36. The molecule has 2 aromatic carbocycles. The minimum absolute atomic E-state index is 0.161. The molecule has 0 aliphatic heterocycles. The van der Waals surface area contributed by atoms with Crippen LogP contribution in [0.3, 0.4) is 0 Å². The number of nitrogens with zero attached hydrogens (tertiary/aromatic N) is 1. The molecule has 2 aromatic rings. The maximum atomic E-state index is 12.9. The minimum atomic E-state index is -0.875. The van der Waals surface area contributed by atoms with Crippen LogP contribution in [0.4, 0.5) is 10.1 Å². The van der Waals surface area contributed by atoms with Crippen LogP contribution in [0.25, 0.3) is 0 Å². The van der Waals surface area contributed by atoms with Gasteiger partial charge in [-0.15, -0.1) is 0 Å². The lowest BCUT2D eigenvalue weighted by molar-refractivity contribution is -0.139. The van der Waals surface area contributed by atoms with Gasteiger partial charge < -0.3 is 15.4 Å². The Morgan fingerprint density at radius 3 is 2.52 bits per heavy atom. The zero-order chi connectivity index (χ0) is 21.2. The summed E-state index contributed by atoms with van der Waals surface area (Å²) in [6.07, 6.45) is 1.34. The summed E-state index contributed by atoms with van der Waals surface area (Å²) in [6.45, 7) is 3.23. The zero-order valence-corrected chi connectivity index (χ0v) is 15.9. The number of benzene rings is 2. The predicted molar refractivity (Wildman–Crippen MR) is 106 cm³/mol. The number of rotatable bonds is 7. The van der Waals surface area contributed by atoms with E-state index in [4.69, 9.17) is 4.74 Å². The maximum absolute atomic E-state index is 12.9. The first kappa shape index (κ1) is 21.5. The summed E-state index contributed by atoms with van der Waals surface area (Å²) in [7, 11) is 0. The standard InChI is InChI=1S/C20H21FN4O4/c1-13(2)23-19(27)20(28)25-22-11-14-4-3-5-17(10-14)29-12-18(26)24-16-8-6-15(21)7-9-16/h3-11,13H,12H2,1-2H3,(H,23,27)(H,24,26)(H,25,28)/b22-11-. The van der Waals surface area contributed by atoms with Gasteiger partial charge in [0.25, 0.3) is 5.91 Å². The Balaban J connectivity index is 1.84. The van der Waals surface area contributed by atoms with Crippen molar-refractivity contribution in [3.63, 3.8) is 0 Å². The summed E-state index contributed by atoms with van der Waals surface area (Å²) in [4.78, 5) is 34.9. The summed E-state index contributed by atoms with van der Waals surface area (Å²) >= 11 is 0. The predicted octanol–water partition coefficient (Wildman–Crippen LogP) is 1.82. The number of hydrogen-bond acceptors (Lipinski definition) is 5. The van der Waals surface area contributed by atoms with Gasteiger partial charge in [-0.1, -0.05) is 12.1 Å². The van der Waals surface area contributed by atoms with Gasteiger partial charge in [-0.25, -0.2) is 9.82 Å². The Morgan fingerprint density at radius 1 is 1.10 bits per heavy atom. The Morgan fingerprint density at radius 2 is 1.83 bits per heavy atom. The van der Waals surface area contributed by atoms with Crippen LogP contribution < -0.4 is 20.8 Å². The smallest absolute Gasteiger partial charge is 0.329 e. The van der Waals surface area contributed by atoms with E-state index >= 15 is 0 Å². The molecule has 0 saturated heterocycles. The molecule has 0 aromatic heterocycles. The number of carbonyl (C=O) groups is 3. The normalized spacial score (nSPS) is 10.6. The van der Waals surface area contributed by atoms with Crippen LogP contribution in [0, 0.1) is 5.82 Å². The van der Waals surface area contributed by atoms with Gasteiger partial charge in [-0.2, -0.15) is 5.10 Å². The molecule has 3 N–H and O–H groups in total. The quantitative estimate of drug-likeness (QED) is 0.374. The summed E-state index contributed by atoms with van der Waals surface area (Å²) in [5, 5.41) is 8.75. The van der Waals surface area contributed by atoms with E-state index in [9.17, 15) is 18.8 Å². The molecule has 0 aliphatic carbocycles. The lowest BCUT2D eigenvalue weighted by Crippen LogP contribution is -2.41. The van der Waals surface area contributed by atoms with E-state index in [2.05, 4.69) is 21.2 Å². The second kappa shape index (κ2) is 10.5. The van der Waals surface area contributed by atoms with Crippen molar-refractivity contribution in [2.75, 3.05) is 11.9 Å². The fraction of sp³-hybridized carbons (Fsp3) is 0.200. The van der Waals surface area contributed by atoms with E-state index in [1.807, 2.05) is 0 Å². The first-order chi connectivity index (χ1) is 13.8. The Hall–Kier alpha value is -3.75. The van der Waals surface area contributed by atoms with Crippen molar-refractivity contribution < 1.29 is 23.5 Å². The third-order valence-corrected chi connectivity index (χ3v) is 3.36. The second-order valence-electron chi connectivity index (χ2n) is 6.24. The van der Waals surface area contributed by atoms with Crippen LogP contribution in [-0.4, -0.2) is 36.6 Å². The van der Waals surface area contributed by atoms with Gasteiger partial charge in [-0.05, 0) is 55.8 Å². The van der Waals surface area contributed by atoms with Crippen LogP contribution in [0.2, 0.25) is 0 Å². The van der Waals surface area contributed by atoms with Gasteiger partial charge in [0, 0.05) is 11.7 Å². The molecule has 0 heterocycles. The lowest BCUT2D eigenvalue weighted by Gasteiger charge is -2.08. The highest BCUT2D eigenvalue weighted by Gasteiger charge is 2.12. The molecule has 9 heteroatoms. The SMILES string of the molecule is CC(C)NC(=O)C(=O)N/N=C\c1cccc(OCC(=O)Nc2ccc(F)cc2)c1. The molecule has 2 rings (SSSR count). The van der Waals surface area contributed by atoms with Gasteiger partial charge in [0.15, 0.2) is 6.61 Å². The van der Waals surface area contributed by atoms with Crippen molar-refractivity contribution in [2.24, 2.45) is 5.10 Å². The van der Waals surface area contributed by atoms with Crippen molar-refractivity contribution in [3.05, 3.63) is 59.9 Å². The highest BCUT2D eigenvalue weighted by Crippen LogP contribution is 2.13. The van der Waals surface area contributed by atoms with Crippen molar-refractivity contribution in [1.29, 1.82) is 0 Å². The Labute approximate surface area is 167 Å². The molecule has 0 saturated carbocycles. The Kier molecular flexibility index (Phi) is 7.84. The summed E-state index contributed by atoms with van der Waals surface area (Å²) in [5.41, 5.74) is 3.17. The molecule has 3 amide bonds. The van der Waals surface area contributed by atoms with Gasteiger partial charge in [0.1, 0.15) is 11.6 Å². The maximum Gasteiger partial charge on any atom is 0.329 e. The van der Waals surface area contributed by atoms with Crippen LogP contribution in [-0.2, 0) is 14.4 Å². The highest BCUT2D eigenvalue weighted by molar-refractivity contribution is 6.35. The van der Waals surface area contributed by atoms with Crippen LogP contribution in [0.1, 0.15) is 19.4 Å². The second-order valence-corrected chi connectivity index (χ2v) is 6.24. The molecule has 8 nitrogen and oxygen atoms in total. The number of nitrogens with one attached hydrogen (secondary N) is 3. The van der Waals surface area contributed by atoms with Crippen LogP contribution in [0.5, 0.6) is 5.75 Å². The largest absolute Gasteiger partial charge is 0.484 e. The number of carbonyl (C=O) groups excluding carboxylic acids is 3. The molecule has 152 valence electrons. The number of halogens is 1. The van der Waals surface area contributed by atoms with Crippen molar-refractivity contribution in [3.8, 4) is 5.75 Å². The van der Waals surface area contributed by atoms with Gasteiger partial charge in [0.2, 0.25) is 0 Å². The molecule has 0 atom stereocenters. The molecule has 0 spiro atoms. The summed E-state index contributed by atoms with van der Waals surface area (Å²) in [5.74, 6) is -2.04. The number of hydrazone groups is 1. The first-order valence-corrected chi connectivity index (χ1v) is 8.75. The minimum Gasteiger partial charge on any atom is -0.484 e. The highest BCUT2D eigenvalue weighted by atomic mass is 19.1. The fourth-order valence-corrected chi connectivity index (χ4v) is 2.11. The average molecular weight is 400 g/mol. The van der Waals surface area contributed by atoms with E-state index in [1.54, 1.807) is 38.1 Å². The van der Waals surface area contributed by atoms with Crippen molar-refractivity contribution in [1.82, 2.24) is 10.7 Å². The van der Waals surface area contributed by atoms with Gasteiger partial charge >= 0.3 is 11.8 Å². The first-order valence-electron chi connectivity index (χ1n) is 8.75. The zero-order valence-electron chi connectivity index (χ0n) is 15.9. The summed E-state index contributed by atoms with van der Waals surface area (Å²) in [6, 6.07) is 11.9. The molecule has 0 unspecified atom stereocenters. The average Bonchev–Trinajstić information content (AvgIpc) is 2.68. The van der Waals surface area contributed by atoms with Crippen molar-refractivity contribution >= 4 is 29.6 Å². The molecule has 0 fully saturated rings. The number of amides is 3. The number of ether oxygens (including phenoxy) is 1. The number of anilines is 1. The molecule has 0 bridgehead atoms. The van der Waals surface area contributed by atoms with Crippen LogP contribution in [0.15, 0.2) is 53.6 Å².